The smallest absolute Gasteiger partial charge is 0.409 e. The summed E-state index contributed by atoms with van der Waals surface area (Å²) >= 11 is 1.17. The molecule has 4 rings (SSSR count). The average molecular weight is 497 g/mol. The molecule has 0 saturated carbocycles. The predicted molar refractivity (Wildman–Crippen MR) is 131 cm³/mol. The molecule has 184 valence electrons. The molecule has 1 aliphatic rings. The van der Waals surface area contributed by atoms with Crippen molar-refractivity contribution < 1.29 is 23.8 Å². The summed E-state index contributed by atoms with van der Waals surface area (Å²) < 4.78 is 20.7. The van der Waals surface area contributed by atoms with Crippen LogP contribution in [0.2, 0.25) is 0 Å². The fraction of sp³-hybridized carbons (Fsp3) is 0.360. The minimum absolute atomic E-state index is 0.102. The first kappa shape index (κ1) is 24.5. The molecule has 1 aromatic heterocycles. The third kappa shape index (κ3) is 6.07. The molecule has 2 amide bonds. The number of amides is 2. The van der Waals surface area contributed by atoms with Gasteiger partial charge < -0.3 is 24.0 Å². The van der Waals surface area contributed by atoms with E-state index in [0.29, 0.717) is 61.5 Å². The van der Waals surface area contributed by atoms with Crippen molar-refractivity contribution in [3.63, 3.8) is 0 Å². The van der Waals surface area contributed by atoms with Crippen molar-refractivity contribution in [1.29, 1.82) is 0 Å². The summed E-state index contributed by atoms with van der Waals surface area (Å²) in [5, 5.41) is 0.415. The normalized spacial score (nSPS) is 13.5. The predicted octanol–water partition coefficient (Wildman–Crippen LogP) is 4.15. The Morgan fingerprint density at radius 3 is 2.57 bits per heavy atom. The summed E-state index contributed by atoms with van der Waals surface area (Å²) in [6.45, 7) is 5.82. The van der Waals surface area contributed by atoms with E-state index in [1.165, 1.54) is 11.5 Å². The van der Waals surface area contributed by atoms with Crippen LogP contribution in [-0.4, -0.2) is 71.1 Å². The number of methoxy groups -OCH3 is 1. The number of hydrogen-bond acceptors (Lipinski definition) is 8. The molecule has 10 heteroatoms. The SMILES string of the molecule is CCOC(=O)N1CCN(C(=O)c2ccc(C)c(Oc3nc(Cc4cccc(OC)c4)ns3)c2)CC1. The Balaban J connectivity index is 1.40. The number of ether oxygens (including phenoxy) is 3. The highest BCUT2D eigenvalue weighted by Gasteiger charge is 2.26. The third-order valence-electron chi connectivity index (χ3n) is 5.67. The summed E-state index contributed by atoms with van der Waals surface area (Å²) in [6, 6.07) is 13.2. The van der Waals surface area contributed by atoms with Gasteiger partial charge in [0.25, 0.3) is 11.1 Å². The van der Waals surface area contributed by atoms with Crippen molar-refractivity contribution in [1.82, 2.24) is 19.2 Å². The van der Waals surface area contributed by atoms with Gasteiger partial charge in [0.05, 0.1) is 13.7 Å². The second-order valence-electron chi connectivity index (χ2n) is 8.07. The first-order valence-corrected chi connectivity index (χ1v) is 12.2. The van der Waals surface area contributed by atoms with Crippen LogP contribution in [0.1, 0.15) is 34.2 Å². The molecule has 1 fully saturated rings. The van der Waals surface area contributed by atoms with Crippen molar-refractivity contribution >= 4 is 23.5 Å². The number of carbonyl (C=O) groups excluding carboxylic acids is 2. The number of aryl methyl sites for hydroxylation is 1. The van der Waals surface area contributed by atoms with E-state index in [2.05, 4.69) is 9.36 Å². The lowest BCUT2D eigenvalue weighted by molar-refractivity contribution is 0.0570. The molecule has 3 aromatic rings. The van der Waals surface area contributed by atoms with E-state index in [0.717, 1.165) is 16.9 Å². The van der Waals surface area contributed by atoms with E-state index in [1.54, 1.807) is 36.0 Å². The summed E-state index contributed by atoms with van der Waals surface area (Å²) in [7, 11) is 1.64. The van der Waals surface area contributed by atoms with Crippen LogP contribution in [0, 0.1) is 6.92 Å². The van der Waals surface area contributed by atoms with E-state index in [4.69, 9.17) is 14.2 Å². The van der Waals surface area contributed by atoms with Gasteiger partial charge in [0.1, 0.15) is 11.5 Å². The van der Waals surface area contributed by atoms with Gasteiger partial charge in [-0.3, -0.25) is 4.79 Å². The van der Waals surface area contributed by atoms with E-state index in [1.807, 2.05) is 37.3 Å². The zero-order chi connectivity index (χ0) is 24.8. The number of aromatic nitrogens is 2. The maximum Gasteiger partial charge on any atom is 0.409 e. The second-order valence-corrected chi connectivity index (χ2v) is 8.78. The van der Waals surface area contributed by atoms with E-state index >= 15 is 0 Å². The van der Waals surface area contributed by atoms with Crippen LogP contribution in [0.3, 0.4) is 0 Å². The van der Waals surface area contributed by atoms with Gasteiger partial charge in [-0.15, -0.1) is 0 Å². The van der Waals surface area contributed by atoms with Crippen LogP contribution < -0.4 is 9.47 Å². The Kier molecular flexibility index (Phi) is 7.81. The summed E-state index contributed by atoms with van der Waals surface area (Å²) in [5.41, 5.74) is 2.45. The van der Waals surface area contributed by atoms with Crippen molar-refractivity contribution in [2.75, 3.05) is 39.9 Å². The molecule has 0 aliphatic carbocycles. The monoisotopic (exact) mass is 496 g/mol. The van der Waals surface area contributed by atoms with Gasteiger partial charge in [0, 0.05) is 49.7 Å². The molecule has 1 saturated heterocycles. The van der Waals surface area contributed by atoms with Crippen LogP contribution in [0.4, 0.5) is 4.79 Å². The van der Waals surface area contributed by atoms with Crippen LogP contribution in [-0.2, 0) is 11.2 Å². The van der Waals surface area contributed by atoms with Gasteiger partial charge in [0.15, 0.2) is 5.82 Å². The van der Waals surface area contributed by atoms with Gasteiger partial charge >= 0.3 is 6.09 Å². The first-order valence-electron chi connectivity index (χ1n) is 11.4. The Hall–Kier alpha value is -3.66. The van der Waals surface area contributed by atoms with E-state index < -0.39 is 0 Å². The molecule has 0 N–H and O–H groups in total. The third-order valence-corrected chi connectivity index (χ3v) is 6.30. The van der Waals surface area contributed by atoms with Crippen molar-refractivity contribution in [2.45, 2.75) is 20.3 Å². The highest BCUT2D eigenvalue weighted by Crippen LogP contribution is 2.28. The molecular formula is C25H28N4O5S. The minimum Gasteiger partial charge on any atom is -0.497 e. The van der Waals surface area contributed by atoms with Gasteiger partial charge in [0.2, 0.25) is 0 Å². The highest BCUT2D eigenvalue weighted by atomic mass is 32.1. The van der Waals surface area contributed by atoms with Crippen LogP contribution in [0.5, 0.6) is 16.7 Å². The van der Waals surface area contributed by atoms with Gasteiger partial charge in [-0.25, -0.2) is 4.79 Å². The molecule has 0 unspecified atom stereocenters. The largest absolute Gasteiger partial charge is 0.497 e. The second kappa shape index (κ2) is 11.2. The molecule has 0 radical (unpaired) electrons. The molecule has 0 bridgehead atoms. The summed E-state index contributed by atoms with van der Waals surface area (Å²) in [4.78, 5) is 32.8. The topological polar surface area (TPSA) is 94.1 Å². The molecule has 2 aromatic carbocycles. The Labute approximate surface area is 208 Å². The summed E-state index contributed by atoms with van der Waals surface area (Å²) in [6.07, 6.45) is 0.222. The fourth-order valence-electron chi connectivity index (χ4n) is 3.74. The van der Waals surface area contributed by atoms with Crippen molar-refractivity contribution in [3.8, 4) is 16.7 Å². The standard InChI is InChI=1S/C25H28N4O5S/c1-4-33-25(31)29-12-10-28(11-13-29)23(30)19-9-8-17(2)21(16-19)34-24-26-22(27-35-24)15-18-6-5-7-20(14-18)32-3/h5-9,14,16H,4,10-13,15H2,1-3H3. The lowest BCUT2D eigenvalue weighted by atomic mass is 10.1. The Morgan fingerprint density at radius 2 is 1.83 bits per heavy atom. The van der Waals surface area contributed by atoms with Gasteiger partial charge in [-0.1, -0.05) is 18.2 Å². The fourth-order valence-corrected chi connectivity index (χ4v) is 4.30. The van der Waals surface area contributed by atoms with Gasteiger partial charge in [-0.05, 0) is 49.2 Å². The zero-order valence-corrected chi connectivity index (χ0v) is 20.8. The molecule has 0 spiro atoms. The number of hydrogen-bond donors (Lipinski definition) is 0. The van der Waals surface area contributed by atoms with E-state index in [9.17, 15) is 9.59 Å². The first-order chi connectivity index (χ1) is 17.0. The van der Waals surface area contributed by atoms with Crippen LogP contribution in [0.15, 0.2) is 42.5 Å². The highest BCUT2D eigenvalue weighted by molar-refractivity contribution is 7.07. The van der Waals surface area contributed by atoms with Crippen LogP contribution >= 0.6 is 11.5 Å². The molecular weight excluding hydrogens is 468 g/mol. The minimum atomic E-state index is -0.339. The quantitative estimate of drug-likeness (QED) is 0.485. The number of rotatable bonds is 7. The van der Waals surface area contributed by atoms with Crippen LogP contribution in [0.25, 0.3) is 0 Å². The van der Waals surface area contributed by atoms with Crippen molar-refractivity contribution in [3.05, 3.63) is 65.0 Å². The number of piperazine rings is 1. The number of carbonyl (C=O) groups is 2. The van der Waals surface area contributed by atoms with Gasteiger partial charge in [-0.2, -0.15) is 9.36 Å². The van der Waals surface area contributed by atoms with Crippen molar-refractivity contribution in [2.24, 2.45) is 0 Å². The Bertz CT molecular complexity index is 1190. The lowest BCUT2D eigenvalue weighted by Crippen LogP contribution is -2.50. The molecule has 1 aliphatic heterocycles. The molecule has 35 heavy (non-hydrogen) atoms. The summed E-state index contributed by atoms with van der Waals surface area (Å²) in [5.74, 6) is 1.90. The molecule has 2 heterocycles. The van der Waals surface area contributed by atoms with E-state index in [-0.39, 0.29) is 12.0 Å². The number of benzene rings is 2. The maximum absolute atomic E-state index is 13.1. The Morgan fingerprint density at radius 1 is 1.06 bits per heavy atom. The maximum atomic E-state index is 13.1. The zero-order valence-electron chi connectivity index (χ0n) is 20.0. The average Bonchev–Trinajstić information content (AvgIpc) is 3.32. The number of nitrogens with zero attached hydrogens (tertiary/aromatic N) is 4. The molecule has 0 atom stereocenters. The molecule has 9 nitrogen and oxygen atoms in total. The lowest BCUT2D eigenvalue weighted by Gasteiger charge is -2.34.